The molecule has 0 saturated heterocycles. The first-order valence-electron chi connectivity index (χ1n) is 23.3. The van der Waals surface area contributed by atoms with Crippen LogP contribution in [0.2, 0.25) is 0 Å². The van der Waals surface area contributed by atoms with Crippen LogP contribution in [-0.4, -0.2) is 37.2 Å². The largest absolute Gasteiger partial charge is 0.462 e. The average molecular weight is 783 g/mol. The van der Waals surface area contributed by atoms with Gasteiger partial charge in [-0.05, 0) is 70.6 Å². The molecule has 0 aromatic rings. The van der Waals surface area contributed by atoms with Crippen LogP contribution < -0.4 is 0 Å². The molecule has 0 radical (unpaired) electrons. The lowest BCUT2D eigenvalue weighted by molar-refractivity contribution is -0.167. The van der Waals surface area contributed by atoms with E-state index < -0.39 is 6.10 Å². The number of rotatable bonds is 41. The van der Waals surface area contributed by atoms with E-state index in [0.717, 1.165) is 96.3 Å². The minimum absolute atomic E-state index is 0.0883. The van der Waals surface area contributed by atoms with E-state index >= 15 is 0 Å². The summed E-state index contributed by atoms with van der Waals surface area (Å²) in [6.07, 6.45) is 53.4. The van der Waals surface area contributed by atoms with Gasteiger partial charge in [0.15, 0.2) is 6.10 Å². The van der Waals surface area contributed by atoms with Crippen LogP contribution >= 0.6 is 0 Å². The molecule has 1 unspecified atom stereocenters. The summed E-state index contributed by atoms with van der Waals surface area (Å²) in [5, 5.41) is 0. The molecule has 0 amide bonds. The van der Waals surface area contributed by atoms with Crippen molar-refractivity contribution in [1.29, 1.82) is 0 Å². The third-order valence-electron chi connectivity index (χ3n) is 9.78. The molecule has 0 spiro atoms. The van der Waals surface area contributed by atoms with E-state index in [1.54, 1.807) is 0 Å². The summed E-state index contributed by atoms with van der Waals surface area (Å²) in [6, 6.07) is 0. The summed E-state index contributed by atoms with van der Waals surface area (Å²) in [5.74, 6) is -0.933. The Balaban J connectivity index is 4.40. The van der Waals surface area contributed by atoms with Crippen LogP contribution in [0.4, 0.5) is 0 Å². The minimum atomic E-state index is -0.789. The van der Waals surface area contributed by atoms with Gasteiger partial charge in [0.05, 0.1) is 0 Å². The van der Waals surface area contributed by atoms with E-state index in [-0.39, 0.29) is 31.1 Å². The van der Waals surface area contributed by atoms with Gasteiger partial charge in [-0.15, -0.1) is 0 Å². The van der Waals surface area contributed by atoms with Gasteiger partial charge in [-0.2, -0.15) is 0 Å². The second-order valence-electron chi connectivity index (χ2n) is 15.3. The van der Waals surface area contributed by atoms with Crippen LogP contribution in [0.25, 0.3) is 0 Å². The maximum Gasteiger partial charge on any atom is 0.306 e. The topological polar surface area (TPSA) is 78.9 Å². The predicted octanol–water partition coefficient (Wildman–Crippen LogP) is 14.9. The van der Waals surface area contributed by atoms with Crippen molar-refractivity contribution in [2.45, 2.75) is 226 Å². The van der Waals surface area contributed by atoms with Crippen LogP contribution in [0, 0.1) is 0 Å². The second-order valence-corrected chi connectivity index (χ2v) is 15.3. The van der Waals surface area contributed by atoms with Crippen LogP contribution in [0.15, 0.2) is 60.8 Å². The maximum absolute atomic E-state index is 12.7. The highest BCUT2D eigenvalue weighted by atomic mass is 16.6. The van der Waals surface area contributed by atoms with Crippen molar-refractivity contribution in [3.8, 4) is 0 Å². The average Bonchev–Trinajstić information content (AvgIpc) is 3.19. The lowest BCUT2D eigenvalue weighted by Gasteiger charge is -2.18. The Bertz CT molecular complexity index is 1040. The number of hydrogen-bond acceptors (Lipinski definition) is 6. The van der Waals surface area contributed by atoms with Gasteiger partial charge >= 0.3 is 17.9 Å². The standard InChI is InChI=1S/C50H86O6/c1-4-7-10-13-16-19-22-23-24-25-26-29-31-34-37-40-43-49(52)55-46-47(56-50(53)44-41-38-35-32-28-21-18-15-12-9-6-3)45-54-48(51)42-39-36-33-30-27-20-17-14-11-8-5-2/h7,10,15-16,18-19,21,23-24,28,47H,4-6,8-9,11-14,17,20,22,25-27,29-46H2,1-3H3/b10-7-,18-15-,19-16-,24-23-,28-21-. The number of esters is 3. The normalized spacial score (nSPS) is 12.6. The van der Waals surface area contributed by atoms with Crippen LogP contribution in [0.5, 0.6) is 0 Å². The molecule has 322 valence electrons. The summed E-state index contributed by atoms with van der Waals surface area (Å²) in [5.41, 5.74) is 0. The molecule has 0 bridgehead atoms. The highest BCUT2D eigenvalue weighted by Gasteiger charge is 2.19. The SMILES string of the molecule is CC/C=C\C/C=C\C/C=C\CCCCCCCCC(=O)OCC(COC(=O)CCCCCCCCCCCCC)OC(=O)CCCCC/C=C\C=C/CCCC. The van der Waals surface area contributed by atoms with Crippen LogP contribution in [-0.2, 0) is 28.6 Å². The fourth-order valence-electron chi connectivity index (χ4n) is 6.26. The van der Waals surface area contributed by atoms with E-state index in [1.165, 1.54) is 83.5 Å². The van der Waals surface area contributed by atoms with Crippen molar-refractivity contribution >= 4 is 17.9 Å². The number of carbonyl (C=O) groups is 3. The van der Waals surface area contributed by atoms with Crippen molar-refractivity contribution in [2.24, 2.45) is 0 Å². The third-order valence-corrected chi connectivity index (χ3v) is 9.78. The summed E-state index contributed by atoms with van der Waals surface area (Å²) in [6.45, 7) is 6.42. The number of allylic oxidation sites excluding steroid dienone is 10. The summed E-state index contributed by atoms with van der Waals surface area (Å²) in [4.78, 5) is 37.7. The fraction of sp³-hybridized carbons (Fsp3) is 0.740. The lowest BCUT2D eigenvalue weighted by atomic mass is 10.1. The molecule has 1 atom stereocenters. The van der Waals surface area contributed by atoms with E-state index in [4.69, 9.17) is 14.2 Å². The highest BCUT2D eigenvalue weighted by molar-refractivity contribution is 5.71. The second kappa shape index (κ2) is 44.8. The van der Waals surface area contributed by atoms with Crippen LogP contribution in [0.1, 0.15) is 220 Å². The Kier molecular flexibility index (Phi) is 42.5. The zero-order chi connectivity index (χ0) is 40.8. The number of hydrogen-bond donors (Lipinski definition) is 0. The molecule has 0 N–H and O–H groups in total. The number of ether oxygens (including phenoxy) is 3. The van der Waals surface area contributed by atoms with E-state index in [1.807, 2.05) is 0 Å². The summed E-state index contributed by atoms with van der Waals surface area (Å²) < 4.78 is 16.7. The molecule has 0 aromatic carbocycles. The monoisotopic (exact) mass is 783 g/mol. The van der Waals surface area contributed by atoms with E-state index in [2.05, 4.69) is 81.5 Å². The van der Waals surface area contributed by atoms with Gasteiger partial charge in [-0.3, -0.25) is 14.4 Å². The van der Waals surface area contributed by atoms with Crippen molar-refractivity contribution in [2.75, 3.05) is 13.2 Å². The summed E-state index contributed by atoms with van der Waals surface area (Å²) in [7, 11) is 0. The van der Waals surface area contributed by atoms with Crippen molar-refractivity contribution in [1.82, 2.24) is 0 Å². The smallest absolute Gasteiger partial charge is 0.306 e. The van der Waals surface area contributed by atoms with Gasteiger partial charge in [0.1, 0.15) is 13.2 Å². The number of unbranched alkanes of at least 4 members (excludes halogenated alkanes) is 21. The first-order valence-corrected chi connectivity index (χ1v) is 23.3. The molecule has 56 heavy (non-hydrogen) atoms. The van der Waals surface area contributed by atoms with Gasteiger partial charge in [-0.25, -0.2) is 0 Å². The zero-order valence-electron chi connectivity index (χ0n) is 36.6. The van der Waals surface area contributed by atoms with Crippen molar-refractivity contribution < 1.29 is 28.6 Å². The Hall–Kier alpha value is -2.89. The van der Waals surface area contributed by atoms with Gasteiger partial charge < -0.3 is 14.2 Å². The van der Waals surface area contributed by atoms with Gasteiger partial charge in [-0.1, -0.05) is 191 Å². The third kappa shape index (κ3) is 42.3. The van der Waals surface area contributed by atoms with E-state index in [0.29, 0.717) is 19.3 Å². The Morgan fingerprint density at radius 1 is 0.393 bits per heavy atom. The Labute approximate surface area is 345 Å². The molecular weight excluding hydrogens is 697 g/mol. The molecule has 0 rings (SSSR count). The van der Waals surface area contributed by atoms with Crippen molar-refractivity contribution in [3.63, 3.8) is 0 Å². The van der Waals surface area contributed by atoms with Crippen molar-refractivity contribution in [3.05, 3.63) is 60.8 Å². The minimum Gasteiger partial charge on any atom is -0.462 e. The first kappa shape index (κ1) is 53.1. The highest BCUT2D eigenvalue weighted by Crippen LogP contribution is 2.14. The molecule has 0 aliphatic carbocycles. The summed E-state index contributed by atoms with van der Waals surface area (Å²) >= 11 is 0. The van der Waals surface area contributed by atoms with Gasteiger partial charge in [0.2, 0.25) is 0 Å². The predicted molar refractivity (Wildman–Crippen MR) is 238 cm³/mol. The van der Waals surface area contributed by atoms with Gasteiger partial charge in [0.25, 0.3) is 0 Å². The van der Waals surface area contributed by atoms with Crippen LogP contribution in [0.3, 0.4) is 0 Å². The quantitative estimate of drug-likeness (QED) is 0.0202. The molecule has 0 saturated carbocycles. The molecule has 6 heteroatoms. The zero-order valence-corrected chi connectivity index (χ0v) is 36.6. The Morgan fingerprint density at radius 3 is 1.27 bits per heavy atom. The lowest BCUT2D eigenvalue weighted by Crippen LogP contribution is -2.30. The van der Waals surface area contributed by atoms with E-state index in [9.17, 15) is 14.4 Å². The molecule has 0 aliphatic heterocycles. The van der Waals surface area contributed by atoms with Gasteiger partial charge in [0, 0.05) is 19.3 Å². The molecule has 6 nitrogen and oxygen atoms in total. The fourth-order valence-corrected chi connectivity index (χ4v) is 6.26. The Morgan fingerprint density at radius 2 is 0.768 bits per heavy atom. The molecule has 0 heterocycles. The first-order chi connectivity index (χ1) is 27.5. The molecule has 0 aromatic heterocycles. The molecule has 0 fully saturated rings. The molecular formula is C50H86O6. The maximum atomic E-state index is 12.7. The molecule has 0 aliphatic rings. The number of carbonyl (C=O) groups excluding carboxylic acids is 3.